The first-order chi connectivity index (χ1) is 9.65. The van der Waals surface area contributed by atoms with Crippen LogP contribution in [-0.2, 0) is 6.54 Å². The van der Waals surface area contributed by atoms with Crippen molar-refractivity contribution < 1.29 is 0 Å². The summed E-state index contributed by atoms with van der Waals surface area (Å²) in [6, 6.07) is 5.91. The third-order valence-electron chi connectivity index (χ3n) is 5.22. The molecule has 2 aliphatic rings. The minimum Gasteiger partial charge on any atom is -0.399 e. The van der Waals surface area contributed by atoms with Gasteiger partial charge in [0.1, 0.15) is 0 Å². The molecule has 1 heterocycles. The number of nitrogens with zero attached hydrogens (tertiary/aromatic N) is 1. The van der Waals surface area contributed by atoms with Gasteiger partial charge in [-0.3, -0.25) is 4.90 Å². The number of anilines is 1. The van der Waals surface area contributed by atoms with Crippen molar-refractivity contribution in [2.75, 3.05) is 18.8 Å². The molecule has 1 aliphatic carbocycles. The maximum atomic E-state index is 6.09. The van der Waals surface area contributed by atoms with Crippen molar-refractivity contribution in [2.24, 2.45) is 5.41 Å². The van der Waals surface area contributed by atoms with E-state index in [0.717, 1.165) is 17.3 Å². The zero-order valence-corrected chi connectivity index (χ0v) is 13.0. The van der Waals surface area contributed by atoms with E-state index in [-0.39, 0.29) is 0 Å². The van der Waals surface area contributed by atoms with Gasteiger partial charge in [0.15, 0.2) is 0 Å². The normalized spacial score (nSPS) is 23.1. The fourth-order valence-electron chi connectivity index (χ4n) is 4.01. The smallest absolute Gasteiger partial charge is 0.0429 e. The minimum absolute atomic E-state index is 0.683. The summed E-state index contributed by atoms with van der Waals surface area (Å²) < 4.78 is 0. The van der Waals surface area contributed by atoms with Gasteiger partial charge in [-0.2, -0.15) is 0 Å². The van der Waals surface area contributed by atoms with E-state index in [4.69, 9.17) is 17.3 Å². The van der Waals surface area contributed by atoms with Crippen LogP contribution in [0.2, 0.25) is 5.02 Å². The fraction of sp³-hybridized carbons (Fsp3) is 0.647. The largest absolute Gasteiger partial charge is 0.399 e. The summed E-state index contributed by atoms with van der Waals surface area (Å²) in [5.41, 5.74) is 8.57. The summed E-state index contributed by atoms with van der Waals surface area (Å²) in [4.78, 5) is 2.56. The molecule has 2 fully saturated rings. The van der Waals surface area contributed by atoms with E-state index >= 15 is 0 Å². The average Bonchev–Trinajstić information content (AvgIpc) is 2.42. The molecule has 20 heavy (non-hydrogen) atoms. The Morgan fingerprint density at radius 1 is 1.00 bits per heavy atom. The van der Waals surface area contributed by atoms with Crippen molar-refractivity contribution in [3.05, 3.63) is 28.8 Å². The zero-order chi connectivity index (χ0) is 14.0. The second kappa shape index (κ2) is 5.95. The van der Waals surface area contributed by atoms with Crippen LogP contribution in [-0.4, -0.2) is 18.0 Å². The summed E-state index contributed by atoms with van der Waals surface area (Å²) in [6.45, 7) is 3.44. The lowest BCUT2D eigenvalue weighted by Crippen LogP contribution is -2.40. The summed E-state index contributed by atoms with van der Waals surface area (Å²) in [5.74, 6) is 0. The predicted molar refractivity (Wildman–Crippen MR) is 85.9 cm³/mol. The summed E-state index contributed by atoms with van der Waals surface area (Å²) in [6.07, 6.45) is 10.0. The van der Waals surface area contributed by atoms with Gasteiger partial charge >= 0.3 is 0 Å². The lowest BCUT2D eigenvalue weighted by Gasteiger charge is -2.44. The Bertz CT molecular complexity index is 436. The monoisotopic (exact) mass is 292 g/mol. The van der Waals surface area contributed by atoms with E-state index < -0.39 is 0 Å². The highest BCUT2D eigenvalue weighted by molar-refractivity contribution is 6.30. The van der Waals surface area contributed by atoms with Crippen LogP contribution in [0.4, 0.5) is 5.69 Å². The molecule has 0 radical (unpaired) electrons. The van der Waals surface area contributed by atoms with Gasteiger partial charge < -0.3 is 5.73 Å². The van der Waals surface area contributed by atoms with E-state index in [2.05, 4.69) is 11.0 Å². The SMILES string of the molecule is Nc1cc(Cl)cc(CN2CCC3(CCCCC3)CC2)c1. The van der Waals surface area contributed by atoms with Crippen molar-refractivity contribution in [3.8, 4) is 0 Å². The van der Waals surface area contributed by atoms with Crippen LogP contribution >= 0.6 is 11.6 Å². The van der Waals surface area contributed by atoms with Crippen molar-refractivity contribution in [3.63, 3.8) is 0 Å². The Balaban J connectivity index is 1.58. The second-order valence-corrected chi connectivity index (χ2v) is 7.17. The van der Waals surface area contributed by atoms with Gasteiger partial charge in [-0.15, -0.1) is 0 Å². The van der Waals surface area contributed by atoms with E-state index in [1.54, 1.807) is 0 Å². The van der Waals surface area contributed by atoms with Gasteiger partial charge in [-0.05, 0) is 68.0 Å². The first kappa shape index (κ1) is 14.2. The fourth-order valence-corrected chi connectivity index (χ4v) is 4.28. The Morgan fingerprint density at radius 3 is 2.35 bits per heavy atom. The van der Waals surface area contributed by atoms with Crippen LogP contribution in [0.15, 0.2) is 18.2 Å². The molecule has 2 N–H and O–H groups in total. The molecule has 0 aromatic heterocycles. The maximum absolute atomic E-state index is 6.09. The Labute approximate surface area is 127 Å². The molecule has 0 amide bonds. The zero-order valence-electron chi connectivity index (χ0n) is 12.2. The van der Waals surface area contributed by atoms with Gasteiger partial charge in [0.05, 0.1) is 0 Å². The number of benzene rings is 1. The maximum Gasteiger partial charge on any atom is 0.0429 e. The van der Waals surface area contributed by atoms with E-state index in [0.29, 0.717) is 5.41 Å². The number of hydrogen-bond acceptors (Lipinski definition) is 2. The highest BCUT2D eigenvalue weighted by Gasteiger charge is 2.35. The highest BCUT2D eigenvalue weighted by atomic mass is 35.5. The lowest BCUT2D eigenvalue weighted by atomic mass is 9.68. The third kappa shape index (κ3) is 3.29. The number of hydrogen-bond donors (Lipinski definition) is 1. The van der Waals surface area contributed by atoms with Crippen molar-refractivity contribution in [2.45, 2.75) is 51.5 Å². The van der Waals surface area contributed by atoms with Gasteiger partial charge in [0, 0.05) is 17.3 Å². The Hall–Kier alpha value is -0.730. The lowest BCUT2D eigenvalue weighted by molar-refractivity contribution is 0.0641. The molecule has 1 spiro atoms. The van der Waals surface area contributed by atoms with E-state index in [1.807, 2.05) is 12.1 Å². The number of piperidine rings is 1. The molecule has 110 valence electrons. The number of nitrogens with two attached hydrogens (primary N) is 1. The first-order valence-electron chi connectivity index (χ1n) is 7.93. The molecule has 1 saturated carbocycles. The number of nitrogen functional groups attached to an aromatic ring is 1. The predicted octanol–water partition coefficient (Wildman–Crippen LogP) is 4.47. The molecule has 1 aromatic carbocycles. The summed E-state index contributed by atoms with van der Waals surface area (Å²) in [7, 11) is 0. The van der Waals surface area contributed by atoms with Gasteiger partial charge in [0.25, 0.3) is 0 Å². The van der Waals surface area contributed by atoms with Gasteiger partial charge in [-0.25, -0.2) is 0 Å². The van der Waals surface area contributed by atoms with Crippen molar-refractivity contribution >= 4 is 17.3 Å². The quantitative estimate of drug-likeness (QED) is 0.815. The van der Waals surface area contributed by atoms with Crippen molar-refractivity contribution in [1.82, 2.24) is 4.90 Å². The van der Waals surface area contributed by atoms with Crippen LogP contribution in [0.5, 0.6) is 0 Å². The van der Waals surface area contributed by atoms with E-state index in [1.165, 1.54) is 63.6 Å². The Morgan fingerprint density at radius 2 is 1.70 bits per heavy atom. The summed E-state index contributed by atoms with van der Waals surface area (Å²) >= 11 is 6.09. The molecule has 1 aromatic rings. The molecule has 1 aliphatic heterocycles. The average molecular weight is 293 g/mol. The second-order valence-electron chi connectivity index (χ2n) is 6.73. The third-order valence-corrected chi connectivity index (χ3v) is 5.44. The molecule has 0 unspecified atom stereocenters. The van der Waals surface area contributed by atoms with Crippen LogP contribution in [0, 0.1) is 5.41 Å². The standard InChI is InChI=1S/C17H25ClN2/c18-15-10-14(11-16(19)12-15)13-20-8-6-17(7-9-20)4-2-1-3-5-17/h10-12H,1-9,13,19H2. The molecule has 3 heteroatoms. The van der Waals surface area contributed by atoms with Gasteiger partial charge in [0.2, 0.25) is 0 Å². The number of rotatable bonds is 2. The molecule has 2 nitrogen and oxygen atoms in total. The number of halogens is 1. The van der Waals surface area contributed by atoms with Crippen LogP contribution < -0.4 is 5.73 Å². The first-order valence-corrected chi connectivity index (χ1v) is 8.30. The molecule has 0 bridgehead atoms. The van der Waals surface area contributed by atoms with Gasteiger partial charge in [-0.1, -0.05) is 30.9 Å². The van der Waals surface area contributed by atoms with Crippen LogP contribution in [0.1, 0.15) is 50.5 Å². The molecule has 1 saturated heterocycles. The van der Waals surface area contributed by atoms with Crippen molar-refractivity contribution in [1.29, 1.82) is 0 Å². The summed E-state index contributed by atoms with van der Waals surface area (Å²) in [5, 5.41) is 0.751. The molecular weight excluding hydrogens is 268 g/mol. The number of likely N-dealkylation sites (tertiary alicyclic amines) is 1. The Kier molecular flexibility index (Phi) is 4.23. The molecule has 0 atom stereocenters. The van der Waals surface area contributed by atoms with Crippen LogP contribution in [0.25, 0.3) is 0 Å². The molecular formula is C17H25ClN2. The topological polar surface area (TPSA) is 29.3 Å². The van der Waals surface area contributed by atoms with E-state index in [9.17, 15) is 0 Å². The molecule has 3 rings (SSSR count). The minimum atomic E-state index is 0.683. The van der Waals surface area contributed by atoms with Crippen LogP contribution in [0.3, 0.4) is 0 Å². The highest BCUT2D eigenvalue weighted by Crippen LogP contribution is 2.44.